The van der Waals surface area contributed by atoms with Crippen molar-refractivity contribution in [2.45, 2.75) is 12.8 Å². The van der Waals surface area contributed by atoms with E-state index in [9.17, 15) is 4.39 Å². The number of rotatable bonds is 6. The Kier molecular flexibility index (Phi) is 8.82. The van der Waals surface area contributed by atoms with Crippen molar-refractivity contribution < 1.29 is 18.6 Å². The topological polar surface area (TPSA) is 92.6 Å². The molecule has 274 valence electrons. The number of pyridine rings is 1. The van der Waals surface area contributed by atoms with Crippen molar-refractivity contribution in [1.29, 1.82) is 0 Å². The van der Waals surface area contributed by atoms with E-state index in [-0.39, 0.29) is 5.82 Å². The van der Waals surface area contributed by atoms with Gasteiger partial charge in [0.05, 0.1) is 19.7 Å². The molecule has 0 saturated heterocycles. The molecule has 0 saturated carbocycles. The minimum Gasteiger partial charge on any atom is -0.493 e. The smallest absolute Gasteiger partial charge is 0.162 e. The second-order valence-corrected chi connectivity index (χ2v) is 13.9. The molecule has 4 N–H and O–H groups in total. The Labute approximate surface area is 324 Å². The van der Waals surface area contributed by atoms with E-state index in [0.717, 1.165) is 63.1 Å². The van der Waals surface area contributed by atoms with Gasteiger partial charge in [0.25, 0.3) is 0 Å². The number of nitrogens with zero attached hydrogens (tertiary/aromatic N) is 1. The summed E-state index contributed by atoms with van der Waals surface area (Å²) >= 11 is 0. The second-order valence-electron chi connectivity index (χ2n) is 13.9. The lowest BCUT2D eigenvalue weighted by Gasteiger charge is -2.14. The van der Waals surface area contributed by atoms with Gasteiger partial charge in [-0.25, -0.2) is 4.39 Å². The quantitative estimate of drug-likeness (QED) is 0.165. The molecule has 0 aliphatic heterocycles. The Balaban J connectivity index is 0.000000166. The fourth-order valence-corrected chi connectivity index (χ4v) is 7.97. The molecular formula is C49H38FN3O3. The average molecular weight is 736 g/mol. The molecule has 0 bridgehead atoms. The summed E-state index contributed by atoms with van der Waals surface area (Å²) in [6.45, 7) is 0. The fraction of sp³-hybridized carbons (Fsp3) is 0.0816. The maximum Gasteiger partial charge on any atom is 0.162 e. The summed E-state index contributed by atoms with van der Waals surface area (Å²) < 4.78 is 30.2. The van der Waals surface area contributed by atoms with Crippen LogP contribution in [0.15, 0.2) is 146 Å². The average Bonchev–Trinajstić information content (AvgIpc) is 3.82. The van der Waals surface area contributed by atoms with Crippen LogP contribution in [0, 0.1) is 5.82 Å². The van der Waals surface area contributed by atoms with E-state index >= 15 is 0 Å². The third-order valence-electron chi connectivity index (χ3n) is 10.8. The molecule has 2 aliphatic rings. The molecule has 6 nitrogen and oxygen atoms in total. The molecule has 0 unspecified atom stereocenters. The first kappa shape index (κ1) is 34.6. The molecule has 0 fully saturated rings. The molecule has 0 radical (unpaired) electrons. The van der Waals surface area contributed by atoms with Crippen LogP contribution in [0.5, 0.6) is 23.0 Å². The molecule has 0 atom stereocenters. The van der Waals surface area contributed by atoms with E-state index < -0.39 is 0 Å². The van der Waals surface area contributed by atoms with Crippen molar-refractivity contribution in [3.8, 4) is 67.5 Å². The lowest BCUT2D eigenvalue weighted by Crippen LogP contribution is -1.96. The van der Waals surface area contributed by atoms with E-state index in [2.05, 4.69) is 71.7 Å². The Hall–Kier alpha value is -7.12. The first-order valence-electron chi connectivity index (χ1n) is 18.4. The standard InChI is InChI=1S/C30H24N2O3.C19H14FN/c1-33-28-16-25-26(17-29(28)34-2)32-14-13-27(25)35-20-9-7-18(8-10-20)22-11-12-23-21-6-4-3-5-19(21)15-24(23)30(22)31;20-14-7-5-12(6-8-14)16-9-10-17-15-4-2-1-3-13(15)11-18(17)19(16)21/h3-14,16-17H,15,31H2,1-2H3;1-10H,11,21H2. The highest BCUT2D eigenvalue weighted by Crippen LogP contribution is 2.45. The van der Waals surface area contributed by atoms with Crippen molar-refractivity contribution >= 4 is 22.3 Å². The summed E-state index contributed by atoms with van der Waals surface area (Å²) in [6, 6.07) is 45.4. The van der Waals surface area contributed by atoms with Crippen LogP contribution in [-0.2, 0) is 12.8 Å². The van der Waals surface area contributed by atoms with Crippen LogP contribution in [0.1, 0.15) is 22.3 Å². The summed E-state index contributed by atoms with van der Waals surface area (Å²) in [6.07, 6.45) is 3.46. The van der Waals surface area contributed by atoms with Crippen LogP contribution in [0.25, 0.3) is 55.4 Å². The number of nitrogen functional groups attached to an aromatic ring is 2. The van der Waals surface area contributed by atoms with Gasteiger partial charge in [0.15, 0.2) is 11.5 Å². The van der Waals surface area contributed by atoms with Crippen LogP contribution in [0.4, 0.5) is 15.8 Å². The molecule has 56 heavy (non-hydrogen) atoms. The van der Waals surface area contributed by atoms with E-state index in [1.807, 2.05) is 48.5 Å². The monoisotopic (exact) mass is 735 g/mol. The highest BCUT2D eigenvalue weighted by molar-refractivity contribution is 5.91. The Morgan fingerprint density at radius 1 is 0.518 bits per heavy atom. The SMILES string of the molecule is COc1cc2nccc(Oc3ccc(-c4ccc5c(c4N)Cc4ccccc4-5)cc3)c2cc1OC.Nc1c(-c2ccc(F)cc2)ccc2c1Cc1ccccc1-2. The number of methoxy groups -OCH3 is 2. The summed E-state index contributed by atoms with van der Waals surface area (Å²) in [7, 11) is 3.22. The Morgan fingerprint density at radius 3 is 1.57 bits per heavy atom. The first-order chi connectivity index (χ1) is 27.4. The zero-order valence-corrected chi connectivity index (χ0v) is 31.0. The summed E-state index contributed by atoms with van der Waals surface area (Å²) in [5, 5.41) is 0.844. The maximum absolute atomic E-state index is 13.1. The number of anilines is 2. The van der Waals surface area contributed by atoms with E-state index in [1.54, 1.807) is 32.5 Å². The summed E-state index contributed by atoms with van der Waals surface area (Å²) in [4.78, 5) is 4.45. The number of nitrogens with two attached hydrogens (primary N) is 2. The number of aromatic nitrogens is 1. The van der Waals surface area contributed by atoms with E-state index in [0.29, 0.717) is 17.2 Å². The number of hydrogen-bond donors (Lipinski definition) is 2. The number of hydrogen-bond acceptors (Lipinski definition) is 6. The van der Waals surface area contributed by atoms with Gasteiger partial charge in [0.2, 0.25) is 0 Å². The van der Waals surface area contributed by atoms with Crippen LogP contribution in [0.3, 0.4) is 0 Å². The van der Waals surface area contributed by atoms with Crippen molar-refractivity contribution in [2.75, 3.05) is 25.7 Å². The molecular weight excluding hydrogens is 698 g/mol. The van der Waals surface area contributed by atoms with Crippen molar-refractivity contribution in [1.82, 2.24) is 4.98 Å². The number of benzene rings is 7. The Bertz CT molecular complexity index is 2780. The molecule has 1 aromatic heterocycles. The molecule has 7 aromatic carbocycles. The van der Waals surface area contributed by atoms with Crippen LogP contribution in [0.2, 0.25) is 0 Å². The van der Waals surface area contributed by atoms with Gasteiger partial charge in [-0.3, -0.25) is 4.98 Å². The van der Waals surface area contributed by atoms with E-state index in [4.69, 9.17) is 25.7 Å². The molecule has 0 amide bonds. The van der Waals surface area contributed by atoms with Gasteiger partial charge in [-0.1, -0.05) is 97.1 Å². The zero-order valence-electron chi connectivity index (χ0n) is 31.0. The van der Waals surface area contributed by atoms with Crippen molar-refractivity contribution in [3.63, 3.8) is 0 Å². The van der Waals surface area contributed by atoms with Gasteiger partial charge in [-0.15, -0.1) is 0 Å². The van der Waals surface area contributed by atoms with Crippen LogP contribution >= 0.6 is 0 Å². The summed E-state index contributed by atoms with van der Waals surface area (Å²) in [5.41, 5.74) is 29.5. The predicted molar refractivity (Wildman–Crippen MR) is 224 cm³/mol. The highest BCUT2D eigenvalue weighted by atomic mass is 19.1. The molecule has 0 spiro atoms. The molecule has 10 rings (SSSR count). The second kappa shape index (κ2) is 14.3. The predicted octanol–water partition coefficient (Wildman–Crippen LogP) is 11.5. The molecule has 7 heteroatoms. The third kappa shape index (κ3) is 6.13. The first-order valence-corrected chi connectivity index (χ1v) is 18.4. The van der Waals surface area contributed by atoms with E-state index in [1.165, 1.54) is 56.6 Å². The minimum atomic E-state index is -0.231. The largest absolute Gasteiger partial charge is 0.493 e. The van der Waals surface area contributed by atoms with Gasteiger partial charge in [0.1, 0.15) is 17.3 Å². The number of fused-ring (bicyclic) bond motifs is 7. The molecule has 8 aromatic rings. The number of halogens is 1. The fourth-order valence-electron chi connectivity index (χ4n) is 7.97. The third-order valence-corrected chi connectivity index (χ3v) is 10.8. The molecule has 2 aliphatic carbocycles. The minimum absolute atomic E-state index is 0.231. The molecule has 1 heterocycles. The van der Waals surface area contributed by atoms with Gasteiger partial charge < -0.3 is 25.7 Å². The highest BCUT2D eigenvalue weighted by Gasteiger charge is 2.23. The van der Waals surface area contributed by atoms with Gasteiger partial charge in [-0.05, 0) is 92.0 Å². The van der Waals surface area contributed by atoms with Crippen molar-refractivity contribution in [2.24, 2.45) is 0 Å². The van der Waals surface area contributed by atoms with Crippen LogP contribution in [-0.4, -0.2) is 19.2 Å². The normalized spacial score (nSPS) is 11.8. The van der Waals surface area contributed by atoms with Gasteiger partial charge in [-0.2, -0.15) is 0 Å². The zero-order chi connectivity index (χ0) is 38.3. The Morgan fingerprint density at radius 2 is 1.02 bits per heavy atom. The maximum atomic E-state index is 13.1. The van der Waals surface area contributed by atoms with Crippen LogP contribution < -0.4 is 25.7 Å². The number of ether oxygens (including phenoxy) is 3. The van der Waals surface area contributed by atoms with Gasteiger partial charge in [0, 0.05) is 53.0 Å². The van der Waals surface area contributed by atoms with Gasteiger partial charge >= 0.3 is 0 Å². The van der Waals surface area contributed by atoms with Crippen molar-refractivity contribution in [3.05, 3.63) is 174 Å². The lowest BCUT2D eigenvalue weighted by molar-refractivity contribution is 0.355. The summed E-state index contributed by atoms with van der Waals surface area (Å²) in [5.74, 6) is 2.44. The lowest BCUT2D eigenvalue weighted by atomic mass is 9.96.